The van der Waals surface area contributed by atoms with Crippen LogP contribution in [0.4, 0.5) is 11.5 Å². The third kappa shape index (κ3) is 3.62. The van der Waals surface area contributed by atoms with E-state index in [1.54, 1.807) is 12.3 Å². The van der Waals surface area contributed by atoms with Gasteiger partial charge in [-0.1, -0.05) is 0 Å². The number of nitrogen functional groups attached to an aromatic ring is 1. The summed E-state index contributed by atoms with van der Waals surface area (Å²) in [6, 6.07) is 3.69. The first-order valence-electron chi connectivity index (χ1n) is 4.79. The van der Waals surface area contributed by atoms with Crippen molar-refractivity contribution < 1.29 is 4.74 Å². The molecule has 14 heavy (non-hydrogen) atoms. The molecule has 1 aromatic heterocycles. The van der Waals surface area contributed by atoms with Gasteiger partial charge in [0.2, 0.25) is 0 Å². The quantitative estimate of drug-likeness (QED) is 0.747. The van der Waals surface area contributed by atoms with Crippen LogP contribution in [0.5, 0.6) is 0 Å². The van der Waals surface area contributed by atoms with Crippen molar-refractivity contribution >= 4 is 11.5 Å². The van der Waals surface area contributed by atoms with Gasteiger partial charge < -0.3 is 15.8 Å². The number of pyridine rings is 1. The van der Waals surface area contributed by atoms with Crippen molar-refractivity contribution in [3.63, 3.8) is 0 Å². The van der Waals surface area contributed by atoms with Gasteiger partial charge in [-0.25, -0.2) is 4.98 Å². The molecule has 0 radical (unpaired) electrons. The van der Waals surface area contributed by atoms with E-state index in [0.717, 1.165) is 18.8 Å². The van der Waals surface area contributed by atoms with Crippen molar-refractivity contribution in [1.29, 1.82) is 0 Å². The Hall–Kier alpha value is -1.29. The Balaban J connectivity index is 2.37. The zero-order valence-corrected chi connectivity index (χ0v) is 8.66. The zero-order valence-electron chi connectivity index (χ0n) is 8.66. The molecule has 1 unspecified atom stereocenters. The summed E-state index contributed by atoms with van der Waals surface area (Å²) in [7, 11) is 0. The molecule has 0 saturated heterocycles. The molecular weight excluding hydrogens is 178 g/mol. The second-order valence-corrected chi connectivity index (χ2v) is 3.12. The predicted octanol–water partition coefficient (Wildman–Crippen LogP) is 1.50. The molecule has 3 N–H and O–H groups in total. The third-order valence-electron chi connectivity index (χ3n) is 1.83. The minimum absolute atomic E-state index is 0.203. The molecule has 0 aliphatic rings. The van der Waals surface area contributed by atoms with E-state index in [0.29, 0.717) is 5.82 Å². The SMILES string of the molecule is CCOC(C)CNc1ccnc(N)c1. The first-order valence-corrected chi connectivity index (χ1v) is 4.79. The first-order chi connectivity index (χ1) is 6.72. The first kappa shape index (κ1) is 10.8. The summed E-state index contributed by atoms with van der Waals surface area (Å²) in [5.74, 6) is 0.527. The van der Waals surface area contributed by atoms with Gasteiger partial charge in [-0.05, 0) is 19.9 Å². The highest BCUT2D eigenvalue weighted by molar-refractivity contribution is 5.49. The molecular formula is C10H17N3O. The maximum absolute atomic E-state index is 5.54. The predicted molar refractivity (Wildman–Crippen MR) is 58.2 cm³/mol. The number of ether oxygens (including phenoxy) is 1. The van der Waals surface area contributed by atoms with E-state index < -0.39 is 0 Å². The number of nitrogens with zero attached hydrogens (tertiary/aromatic N) is 1. The van der Waals surface area contributed by atoms with Gasteiger partial charge >= 0.3 is 0 Å². The van der Waals surface area contributed by atoms with Crippen LogP contribution in [0.3, 0.4) is 0 Å². The maximum atomic E-state index is 5.54. The minimum Gasteiger partial charge on any atom is -0.384 e. The molecule has 1 atom stereocenters. The summed E-state index contributed by atoms with van der Waals surface area (Å²) in [4.78, 5) is 3.91. The molecule has 0 aliphatic carbocycles. The third-order valence-corrected chi connectivity index (χ3v) is 1.83. The largest absolute Gasteiger partial charge is 0.384 e. The lowest BCUT2D eigenvalue weighted by atomic mass is 10.3. The fraction of sp³-hybridized carbons (Fsp3) is 0.500. The van der Waals surface area contributed by atoms with Crippen LogP contribution >= 0.6 is 0 Å². The number of hydrogen-bond donors (Lipinski definition) is 2. The van der Waals surface area contributed by atoms with E-state index in [2.05, 4.69) is 10.3 Å². The highest BCUT2D eigenvalue weighted by atomic mass is 16.5. The number of anilines is 2. The molecule has 0 fully saturated rings. The number of nitrogens with one attached hydrogen (secondary N) is 1. The Kier molecular flexibility index (Phi) is 4.19. The highest BCUT2D eigenvalue weighted by Gasteiger charge is 2.00. The van der Waals surface area contributed by atoms with Gasteiger partial charge in [-0.2, -0.15) is 0 Å². The molecule has 0 aromatic carbocycles. The Bertz CT molecular complexity index is 278. The lowest BCUT2D eigenvalue weighted by Crippen LogP contribution is -2.19. The minimum atomic E-state index is 0.203. The van der Waals surface area contributed by atoms with Crippen molar-refractivity contribution in [2.45, 2.75) is 20.0 Å². The van der Waals surface area contributed by atoms with Crippen LogP contribution in [-0.2, 0) is 4.74 Å². The fourth-order valence-corrected chi connectivity index (χ4v) is 1.16. The van der Waals surface area contributed by atoms with Gasteiger partial charge in [-0.3, -0.25) is 0 Å². The van der Waals surface area contributed by atoms with Gasteiger partial charge in [-0.15, -0.1) is 0 Å². The molecule has 4 heteroatoms. The van der Waals surface area contributed by atoms with Crippen molar-refractivity contribution in [3.05, 3.63) is 18.3 Å². The fourth-order valence-electron chi connectivity index (χ4n) is 1.16. The average Bonchev–Trinajstić information content (AvgIpc) is 2.15. The van der Waals surface area contributed by atoms with Crippen LogP contribution < -0.4 is 11.1 Å². The molecule has 1 aromatic rings. The van der Waals surface area contributed by atoms with Gasteiger partial charge in [0, 0.05) is 31.1 Å². The number of hydrogen-bond acceptors (Lipinski definition) is 4. The molecule has 78 valence electrons. The molecule has 1 heterocycles. The summed E-state index contributed by atoms with van der Waals surface area (Å²) in [5.41, 5.74) is 6.52. The summed E-state index contributed by atoms with van der Waals surface area (Å²) in [5, 5.41) is 3.23. The van der Waals surface area contributed by atoms with E-state index in [-0.39, 0.29) is 6.10 Å². The summed E-state index contributed by atoms with van der Waals surface area (Å²) in [6.07, 6.45) is 1.89. The summed E-state index contributed by atoms with van der Waals surface area (Å²) >= 11 is 0. The zero-order chi connectivity index (χ0) is 10.4. The Morgan fingerprint density at radius 1 is 1.64 bits per heavy atom. The molecule has 0 spiro atoms. The molecule has 1 rings (SSSR count). The molecule has 0 bridgehead atoms. The number of rotatable bonds is 5. The normalized spacial score (nSPS) is 12.4. The number of nitrogens with two attached hydrogens (primary N) is 1. The van der Waals surface area contributed by atoms with Gasteiger partial charge in [0.1, 0.15) is 5.82 Å². The van der Waals surface area contributed by atoms with Crippen LogP contribution in [0.25, 0.3) is 0 Å². The second kappa shape index (κ2) is 5.44. The van der Waals surface area contributed by atoms with Gasteiger partial charge in [0.05, 0.1) is 6.10 Å². The van der Waals surface area contributed by atoms with Crippen molar-refractivity contribution in [2.24, 2.45) is 0 Å². The van der Waals surface area contributed by atoms with Crippen molar-refractivity contribution in [2.75, 3.05) is 24.2 Å². The van der Waals surface area contributed by atoms with E-state index in [9.17, 15) is 0 Å². The smallest absolute Gasteiger partial charge is 0.125 e. The monoisotopic (exact) mass is 195 g/mol. The molecule has 0 saturated carbocycles. The average molecular weight is 195 g/mol. The maximum Gasteiger partial charge on any atom is 0.125 e. The van der Waals surface area contributed by atoms with E-state index in [1.165, 1.54) is 0 Å². The Labute approximate surface area is 84.5 Å². The topological polar surface area (TPSA) is 60.2 Å². The van der Waals surface area contributed by atoms with Gasteiger partial charge in [0.15, 0.2) is 0 Å². The lowest BCUT2D eigenvalue weighted by Gasteiger charge is -2.13. The van der Waals surface area contributed by atoms with E-state index in [4.69, 9.17) is 10.5 Å². The molecule has 4 nitrogen and oxygen atoms in total. The van der Waals surface area contributed by atoms with E-state index in [1.807, 2.05) is 19.9 Å². The van der Waals surface area contributed by atoms with Crippen LogP contribution in [0.15, 0.2) is 18.3 Å². The lowest BCUT2D eigenvalue weighted by molar-refractivity contribution is 0.0855. The molecule has 0 aliphatic heterocycles. The summed E-state index contributed by atoms with van der Waals surface area (Å²) < 4.78 is 5.38. The van der Waals surface area contributed by atoms with E-state index >= 15 is 0 Å². The number of aromatic nitrogens is 1. The van der Waals surface area contributed by atoms with Crippen LogP contribution in [0, 0.1) is 0 Å². The van der Waals surface area contributed by atoms with Gasteiger partial charge in [0.25, 0.3) is 0 Å². The summed E-state index contributed by atoms with van der Waals surface area (Å²) in [6.45, 7) is 5.53. The Morgan fingerprint density at radius 3 is 3.07 bits per heavy atom. The standard InChI is InChI=1S/C10H17N3O/c1-3-14-8(2)7-13-9-4-5-12-10(11)6-9/h4-6,8H,3,7H2,1-2H3,(H3,11,12,13). The Morgan fingerprint density at radius 2 is 2.43 bits per heavy atom. The second-order valence-electron chi connectivity index (χ2n) is 3.12. The van der Waals surface area contributed by atoms with Crippen molar-refractivity contribution in [3.8, 4) is 0 Å². The van der Waals surface area contributed by atoms with Crippen LogP contribution in [0.2, 0.25) is 0 Å². The van der Waals surface area contributed by atoms with Crippen LogP contribution in [0.1, 0.15) is 13.8 Å². The molecule has 0 amide bonds. The highest BCUT2D eigenvalue weighted by Crippen LogP contribution is 2.08. The van der Waals surface area contributed by atoms with Crippen molar-refractivity contribution in [1.82, 2.24) is 4.98 Å². The van der Waals surface area contributed by atoms with Crippen LogP contribution in [-0.4, -0.2) is 24.2 Å².